The molecule has 2 rings (SSSR count). The highest BCUT2D eigenvalue weighted by Crippen LogP contribution is 2.25. The number of ether oxygens (including phenoxy) is 1. The molecule has 0 aromatic heterocycles. The van der Waals surface area contributed by atoms with E-state index < -0.39 is 22.0 Å². The third-order valence-corrected chi connectivity index (χ3v) is 5.67. The first-order chi connectivity index (χ1) is 9.46. The minimum absolute atomic E-state index is 0.190. The second kappa shape index (κ2) is 6.15. The Morgan fingerprint density at radius 1 is 1.35 bits per heavy atom. The number of aryl methyl sites for hydroxylation is 1. The molecule has 0 unspecified atom stereocenters. The van der Waals surface area contributed by atoms with Gasteiger partial charge in [-0.3, -0.25) is 4.79 Å². The van der Waals surface area contributed by atoms with Gasteiger partial charge >= 0.3 is 5.97 Å². The lowest BCUT2D eigenvalue weighted by Crippen LogP contribution is -2.38. The maximum Gasteiger partial charge on any atom is 0.325 e. The van der Waals surface area contributed by atoms with Gasteiger partial charge in [0.05, 0.1) is 4.90 Å². The number of cyclic esters (lactones) is 1. The average molecular weight is 315 g/mol. The molecule has 1 aliphatic rings. The summed E-state index contributed by atoms with van der Waals surface area (Å²) in [6, 6.07) is 5.87. The quantitative estimate of drug-likeness (QED) is 0.773. The maximum absolute atomic E-state index is 12.6. The van der Waals surface area contributed by atoms with Crippen molar-refractivity contribution in [1.29, 1.82) is 0 Å². The molecule has 0 amide bonds. The molecule has 0 aliphatic carbocycles. The summed E-state index contributed by atoms with van der Waals surface area (Å²) in [5.74, 6) is 0.245. The van der Waals surface area contributed by atoms with E-state index in [1.165, 1.54) is 0 Å². The third-order valence-electron chi connectivity index (χ3n) is 3.18. The smallest absolute Gasteiger partial charge is 0.325 e. The van der Waals surface area contributed by atoms with Crippen LogP contribution in [0.3, 0.4) is 0 Å². The average Bonchev–Trinajstić information content (AvgIpc) is 2.79. The number of sulfonamides is 1. The second-order valence-corrected chi connectivity index (χ2v) is 7.47. The summed E-state index contributed by atoms with van der Waals surface area (Å²) in [4.78, 5) is 11.9. The van der Waals surface area contributed by atoms with Crippen molar-refractivity contribution in [3.8, 4) is 0 Å². The molecule has 20 heavy (non-hydrogen) atoms. The fourth-order valence-corrected chi connectivity index (χ4v) is 3.93. The summed E-state index contributed by atoms with van der Waals surface area (Å²) in [6.45, 7) is 1.69. The van der Waals surface area contributed by atoms with E-state index >= 15 is 0 Å². The van der Waals surface area contributed by atoms with Gasteiger partial charge in [-0.1, -0.05) is 17.7 Å². The van der Waals surface area contributed by atoms with E-state index in [0.29, 0.717) is 12.2 Å². The molecule has 5 nitrogen and oxygen atoms in total. The Kier molecular flexibility index (Phi) is 4.72. The standard InChI is InChI=1S/C13H17NO4S2/c1-10-3-5-11(6-4-10)20(16,17)14-9-18-13(15)12(14)7-8-19-2/h3-6,12H,7-9H2,1-2H3/t12-/m0/s1. The van der Waals surface area contributed by atoms with Gasteiger partial charge in [0.1, 0.15) is 6.04 Å². The van der Waals surface area contributed by atoms with Gasteiger partial charge in [0, 0.05) is 0 Å². The minimum Gasteiger partial charge on any atom is -0.447 e. The normalized spacial score (nSPS) is 20.1. The van der Waals surface area contributed by atoms with Crippen molar-refractivity contribution >= 4 is 27.8 Å². The molecule has 7 heteroatoms. The zero-order valence-corrected chi connectivity index (χ0v) is 13.0. The van der Waals surface area contributed by atoms with Gasteiger partial charge in [0.25, 0.3) is 0 Å². The Morgan fingerprint density at radius 3 is 2.60 bits per heavy atom. The Morgan fingerprint density at radius 2 is 2.00 bits per heavy atom. The summed E-state index contributed by atoms with van der Waals surface area (Å²) in [5, 5.41) is 0. The molecule has 0 radical (unpaired) electrons. The fourth-order valence-electron chi connectivity index (χ4n) is 2.00. The zero-order chi connectivity index (χ0) is 14.8. The van der Waals surface area contributed by atoms with Gasteiger partial charge in [-0.2, -0.15) is 11.8 Å². The van der Waals surface area contributed by atoms with Gasteiger partial charge < -0.3 is 4.74 Å². The van der Waals surface area contributed by atoms with Gasteiger partial charge in [0.2, 0.25) is 10.0 Å². The van der Waals surface area contributed by atoms with Crippen LogP contribution in [-0.4, -0.2) is 43.5 Å². The number of hydrogen-bond acceptors (Lipinski definition) is 5. The Labute approximate surface area is 123 Å². The van der Waals surface area contributed by atoms with Crippen LogP contribution in [0.15, 0.2) is 29.2 Å². The number of esters is 1. The second-order valence-electron chi connectivity index (χ2n) is 4.59. The molecule has 1 heterocycles. The van der Waals surface area contributed by atoms with Crippen LogP contribution in [0.2, 0.25) is 0 Å². The molecule has 1 atom stereocenters. The Hall–Kier alpha value is -1.05. The van der Waals surface area contributed by atoms with E-state index in [0.717, 1.165) is 9.87 Å². The fraction of sp³-hybridized carbons (Fsp3) is 0.462. The molecule has 0 spiro atoms. The Bertz CT molecular complexity index is 583. The lowest BCUT2D eigenvalue weighted by atomic mass is 10.2. The number of carbonyl (C=O) groups is 1. The van der Waals surface area contributed by atoms with E-state index in [4.69, 9.17) is 4.74 Å². The summed E-state index contributed by atoms with van der Waals surface area (Å²) in [6.07, 6.45) is 2.38. The highest BCUT2D eigenvalue weighted by Gasteiger charge is 2.42. The molecular formula is C13H17NO4S2. The topological polar surface area (TPSA) is 63.7 Å². The predicted octanol–water partition coefficient (Wildman–Crippen LogP) is 1.62. The predicted molar refractivity (Wildman–Crippen MR) is 77.9 cm³/mol. The van der Waals surface area contributed by atoms with Gasteiger partial charge in [-0.25, -0.2) is 8.42 Å². The molecule has 0 N–H and O–H groups in total. The lowest BCUT2D eigenvalue weighted by molar-refractivity contribution is -0.139. The van der Waals surface area contributed by atoms with Crippen molar-refractivity contribution in [1.82, 2.24) is 4.31 Å². The van der Waals surface area contributed by atoms with Crippen LogP contribution in [0.25, 0.3) is 0 Å². The van der Waals surface area contributed by atoms with E-state index in [9.17, 15) is 13.2 Å². The maximum atomic E-state index is 12.6. The first-order valence-corrected chi connectivity index (χ1v) is 9.04. The van der Waals surface area contributed by atoms with Crippen LogP contribution in [0.1, 0.15) is 12.0 Å². The monoisotopic (exact) mass is 315 g/mol. The van der Waals surface area contributed by atoms with Crippen LogP contribution < -0.4 is 0 Å². The molecule has 0 saturated carbocycles. The Balaban J connectivity index is 2.28. The van der Waals surface area contributed by atoms with Crippen LogP contribution >= 0.6 is 11.8 Å². The number of rotatable bonds is 5. The van der Waals surface area contributed by atoms with Crippen molar-refractivity contribution in [2.45, 2.75) is 24.3 Å². The summed E-state index contributed by atoms with van der Waals surface area (Å²) < 4.78 is 31.2. The number of nitrogens with zero attached hydrogens (tertiary/aromatic N) is 1. The van der Waals surface area contributed by atoms with Crippen LogP contribution in [0.4, 0.5) is 0 Å². The lowest BCUT2D eigenvalue weighted by Gasteiger charge is -2.19. The van der Waals surface area contributed by atoms with Crippen molar-refractivity contribution in [2.24, 2.45) is 0 Å². The molecule has 1 aromatic carbocycles. The largest absolute Gasteiger partial charge is 0.447 e. The summed E-state index contributed by atoms with van der Waals surface area (Å²) in [7, 11) is -3.69. The van der Waals surface area contributed by atoms with Crippen molar-refractivity contribution in [3.05, 3.63) is 29.8 Å². The van der Waals surface area contributed by atoms with E-state index in [1.807, 2.05) is 13.2 Å². The van der Waals surface area contributed by atoms with Crippen molar-refractivity contribution in [3.63, 3.8) is 0 Å². The first-order valence-electron chi connectivity index (χ1n) is 6.21. The molecule has 110 valence electrons. The van der Waals surface area contributed by atoms with Crippen LogP contribution in [-0.2, 0) is 19.6 Å². The van der Waals surface area contributed by atoms with Gasteiger partial charge in [-0.05, 0) is 37.5 Å². The highest BCUT2D eigenvalue weighted by molar-refractivity contribution is 7.98. The molecule has 1 aromatic rings. The van der Waals surface area contributed by atoms with Gasteiger partial charge in [-0.15, -0.1) is 4.31 Å². The third kappa shape index (κ3) is 2.99. The van der Waals surface area contributed by atoms with Crippen LogP contribution in [0, 0.1) is 6.92 Å². The minimum atomic E-state index is -3.69. The number of carbonyl (C=O) groups excluding carboxylic acids is 1. The molecule has 1 fully saturated rings. The number of thioether (sulfide) groups is 1. The molecular weight excluding hydrogens is 298 g/mol. The number of hydrogen-bond donors (Lipinski definition) is 0. The summed E-state index contributed by atoms with van der Waals surface area (Å²) in [5.41, 5.74) is 0.983. The molecule has 0 bridgehead atoms. The zero-order valence-electron chi connectivity index (χ0n) is 11.4. The van der Waals surface area contributed by atoms with E-state index in [-0.39, 0.29) is 11.6 Å². The highest BCUT2D eigenvalue weighted by atomic mass is 32.2. The van der Waals surface area contributed by atoms with E-state index in [2.05, 4.69) is 0 Å². The number of benzene rings is 1. The van der Waals surface area contributed by atoms with E-state index in [1.54, 1.807) is 36.0 Å². The SMILES string of the molecule is CSCC[C@H]1C(=O)OCN1S(=O)(=O)c1ccc(C)cc1. The molecule has 1 aliphatic heterocycles. The van der Waals surface area contributed by atoms with Gasteiger partial charge in [0.15, 0.2) is 6.73 Å². The first kappa shape index (κ1) is 15.3. The van der Waals surface area contributed by atoms with Crippen molar-refractivity contribution in [2.75, 3.05) is 18.7 Å². The molecule has 1 saturated heterocycles. The van der Waals surface area contributed by atoms with Crippen molar-refractivity contribution < 1.29 is 17.9 Å². The summed E-state index contributed by atoms with van der Waals surface area (Å²) >= 11 is 1.57. The van der Waals surface area contributed by atoms with Crippen LogP contribution in [0.5, 0.6) is 0 Å².